The van der Waals surface area contributed by atoms with Crippen LogP contribution >= 0.6 is 0 Å². The van der Waals surface area contributed by atoms with Crippen LogP contribution in [0.5, 0.6) is 0 Å². The molecule has 3 rings (SSSR count). The molecule has 6 nitrogen and oxygen atoms in total. The van der Waals surface area contributed by atoms with Gasteiger partial charge in [0.2, 0.25) is 5.91 Å². The first kappa shape index (κ1) is 27.6. The van der Waals surface area contributed by atoms with Crippen LogP contribution in [0.15, 0.2) is 97.9 Å². The van der Waals surface area contributed by atoms with Crippen molar-refractivity contribution >= 4 is 28.3 Å². The van der Waals surface area contributed by atoms with E-state index in [-0.39, 0.29) is 24.4 Å². The SMILES string of the molecule is C=C/C=C\C=C/CCC(=O)OCc1ccc(C(CNCCC)C(=O)Nc2ccc3cnccc3c2)cc1. The van der Waals surface area contributed by atoms with E-state index < -0.39 is 0 Å². The van der Waals surface area contributed by atoms with Crippen LogP contribution < -0.4 is 10.6 Å². The molecule has 0 aliphatic rings. The Balaban J connectivity index is 1.59. The number of carbonyl (C=O) groups is 2. The third-order valence-electron chi connectivity index (χ3n) is 5.79. The van der Waals surface area contributed by atoms with E-state index in [1.807, 2.05) is 72.8 Å². The molecule has 1 heterocycles. The number of esters is 1. The molecule has 192 valence electrons. The van der Waals surface area contributed by atoms with Crippen molar-refractivity contribution in [1.82, 2.24) is 10.3 Å². The fraction of sp³-hybridized carbons (Fsp3) is 0.258. The van der Waals surface area contributed by atoms with Crippen molar-refractivity contribution in [3.8, 4) is 0 Å². The lowest BCUT2D eigenvalue weighted by molar-refractivity contribution is -0.144. The molecule has 0 fully saturated rings. The van der Waals surface area contributed by atoms with Gasteiger partial charge in [0.15, 0.2) is 0 Å². The number of hydrogen-bond donors (Lipinski definition) is 2. The van der Waals surface area contributed by atoms with Gasteiger partial charge in [-0.15, -0.1) is 0 Å². The van der Waals surface area contributed by atoms with Crippen molar-refractivity contribution in [1.29, 1.82) is 0 Å². The highest BCUT2D eigenvalue weighted by molar-refractivity contribution is 5.98. The van der Waals surface area contributed by atoms with Crippen molar-refractivity contribution < 1.29 is 14.3 Å². The molecule has 2 aromatic carbocycles. The number of carbonyl (C=O) groups excluding carboxylic acids is 2. The molecule has 1 atom stereocenters. The summed E-state index contributed by atoms with van der Waals surface area (Å²) in [5, 5.41) is 8.48. The summed E-state index contributed by atoms with van der Waals surface area (Å²) < 4.78 is 5.39. The zero-order chi connectivity index (χ0) is 26.3. The van der Waals surface area contributed by atoms with Gasteiger partial charge in [0.1, 0.15) is 6.61 Å². The summed E-state index contributed by atoms with van der Waals surface area (Å²) in [6.07, 6.45) is 14.7. The summed E-state index contributed by atoms with van der Waals surface area (Å²) in [5.74, 6) is -0.681. The normalized spacial score (nSPS) is 12.1. The third-order valence-corrected chi connectivity index (χ3v) is 5.79. The fourth-order valence-corrected chi connectivity index (χ4v) is 3.78. The molecule has 1 amide bonds. The molecule has 0 aliphatic carbocycles. The first-order valence-electron chi connectivity index (χ1n) is 12.6. The Kier molecular flexibility index (Phi) is 11.3. The van der Waals surface area contributed by atoms with Crippen LogP contribution in [0, 0.1) is 0 Å². The van der Waals surface area contributed by atoms with E-state index in [1.54, 1.807) is 18.5 Å². The second-order valence-corrected chi connectivity index (χ2v) is 8.67. The Hall–Kier alpha value is -4.03. The smallest absolute Gasteiger partial charge is 0.306 e. The van der Waals surface area contributed by atoms with Crippen molar-refractivity contribution in [3.05, 3.63) is 109 Å². The quantitative estimate of drug-likeness (QED) is 0.160. The molecule has 0 bridgehead atoms. The largest absolute Gasteiger partial charge is 0.461 e. The Bertz CT molecular complexity index is 1230. The van der Waals surface area contributed by atoms with Crippen LogP contribution in [-0.4, -0.2) is 29.9 Å². The van der Waals surface area contributed by atoms with Crippen molar-refractivity contribution in [2.24, 2.45) is 0 Å². The number of aromatic nitrogens is 1. The topological polar surface area (TPSA) is 80.3 Å². The third kappa shape index (κ3) is 9.17. The van der Waals surface area contributed by atoms with Gasteiger partial charge >= 0.3 is 5.97 Å². The average Bonchev–Trinajstić information content (AvgIpc) is 2.92. The van der Waals surface area contributed by atoms with Gasteiger partial charge in [-0.3, -0.25) is 14.6 Å². The van der Waals surface area contributed by atoms with E-state index in [9.17, 15) is 9.59 Å². The van der Waals surface area contributed by atoms with Gasteiger partial charge in [0.05, 0.1) is 5.92 Å². The number of benzene rings is 2. The summed E-state index contributed by atoms with van der Waals surface area (Å²) >= 11 is 0. The molecule has 0 saturated heterocycles. The summed E-state index contributed by atoms with van der Waals surface area (Å²) in [7, 11) is 0. The second-order valence-electron chi connectivity index (χ2n) is 8.67. The van der Waals surface area contributed by atoms with E-state index in [2.05, 4.69) is 29.1 Å². The molecule has 2 N–H and O–H groups in total. The molecular weight excluding hydrogens is 462 g/mol. The molecular formula is C31H35N3O3. The molecule has 3 aromatic rings. The standard InChI is InChI=1S/C31H35N3O3/c1-3-5-6-7-8-9-10-30(35)37-23-24-11-13-25(14-12-24)29(22-32-18-4-2)31(36)34-28-16-15-27-21-33-19-17-26(27)20-28/h3,5-8,11-17,19-21,29,32H,1,4,9-10,18,22-23H2,2H3,(H,34,36)/b6-5-,8-7-. The number of rotatable bonds is 14. The van der Waals surface area contributed by atoms with Crippen LogP contribution in [0.2, 0.25) is 0 Å². The molecule has 0 spiro atoms. The number of nitrogens with zero attached hydrogens (tertiary/aromatic N) is 1. The fourth-order valence-electron chi connectivity index (χ4n) is 3.78. The van der Waals surface area contributed by atoms with E-state index >= 15 is 0 Å². The lowest BCUT2D eigenvalue weighted by Gasteiger charge is -2.19. The van der Waals surface area contributed by atoms with Gasteiger partial charge in [-0.2, -0.15) is 0 Å². The lowest BCUT2D eigenvalue weighted by atomic mass is 9.96. The first-order valence-corrected chi connectivity index (χ1v) is 12.6. The Labute approximate surface area is 219 Å². The van der Waals surface area contributed by atoms with Crippen LogP contribution in [0.25, 0.3) is 10.8 Å². The van der Waals surface area contributed by atoms with E-state index in [0.29, 0.717) is 19.4 Å². The van der Waals surface area contributed by atoms with E-state index in [4.69, 9.17) is 4.74 Å². The molecule has 37 heavy (non-hydrogen) atoms. The zero-order valence-electron chi connectivity index (χ0n) is 21.4. The predicted molar refractivity (Wildman–Crippen MR) is 150 cm³/mol. The highest BCUT2D eigenvalue weighted by atomic mass is 16.5. The number of nitrogens with one attached hydrogen (secondary N) is 2. The van der Waals surface area contributed by atoms with E-state index in [1.165, 1.54) is 0 Å². The summed E-state index contributed by atoms with van der Waals surface area (Å²) in [5.41, 5.74) is 2.53. The highest BCUT2D eigenvalue weighted by Crippen LogP contribution is 2.22. The second kappa shape index (κ2) is 15.2. The van der Waals surface area contributed by atoms with E-state index in [0.717, 1.165) is 40.6 Å². The lowest BCUT2D eigenvalue weighted by Crippen LogP contribution is -2.31. The first-order chi connectivity index (χ1) is 18.1. The number of amides is 1. The minimum Gasteiger partial charge on any atom is -0.461 e. The average molecular weight is 498 g/mol. The molecule has 0 saturated carbocycles. The summed E-state index contributed by atoms with van der Waals surface area (Å²) in [6, 6.07) is 15.4. The van der Waals surface area contributed by atoms with Gasteiger partial charge in [0.25, 0.3) is 0 Å². The molecule has 1 aromatic heterocycles. The van der Waals surface area contributed by atoms with Gasteiger partial charge in [-0.1, -0.05) is 74.2 Å². The van der Waals surface area contributed by atoms with Gasteiger partial charge in [0, 0.05) is 36.4 Å². The number of allylic oxidation sites excluding steroid dienone is 5. The van der Waals surface area contributed by atoms with Crippen molar-refractivity contribution in [3.63, 3.8) is 0 Å². The van der Waals surface area contributed by atoms with Crippen LogP contribution in [0.3, 0.4) is 0 Å². The van der Waals surface area contributed by atoms with Crippen LogP contribution in [0.1, 0.15) is 43.2 Å². The predicted octanol–water partition coefficient (Wildman–Crippen LogP) is 6.08. The Morgan fingerprint density at radius 1 is 1.05 bits per heavy atom. The van der Waals surface area contributed by atoms with Gasteiger partial charge in [-0.05, 0) is 54.1 Å². The van der Waals surface area contributed by atoms with Gasteiger partial charge in [-0.25, -0.2) is 0 Å². The maximum absolute atomic E-state index is 13.3. The maximum Gasteiger partial charge on any atom is 0.306 e. The minimum absolute atomic E-state index is 0.0767. The number of anilines is 1. The molecule has 6 heteroatoms. The highest BCUT2D eigenvalue weighted by Gasteiger charge is 2.21. The van der Waals surface area contributed by atoms with Crippen LogP contribution in [0.4, 0.5) is 5.69 Å². The van der Waals surface area contributed by atoms with Crippen molar-refractivity contribution in [2.75, 3.05) is 18.4 Å². The molecule has 0 radical (unpaired) electrons. The van der Waals surface area contributed by atoms with Gasteiger partial charge < -0.3 is 15.4 Å². The number of ether oxygens (including phenoxy) is 1. The Morgan fingerprint density at radius 3 is 2.68 bits per heavy atom. The summed E-state index contributed by atoms with van der Waals surface area (Å²) in [4.78, 5) is 29.4. The minimum atomic E-state index is -0.363. The monoisotopic (exact) mass is 497 g/mol. The Morgan fingerprint density at radius 2 is 1.89 bits per heavy atom. The summed E-state index contributed by atoms with van der Waals surface area (Å²) in [6.45, 7) is 7.27. The maximum atomic E-state index is 13.3. The van der Waals surface area contributed by atoms with Crippen LogP contribution in [-0.2, 0) is 20.9 Å². The molecule has 1 unspecified atom stereocenters. The zero-order valence-corrected chi connectivity index (χ0v) is 21.4. The van der Waals surface area contributed by atoms with Crippen molar-refractivity contribution in [2.45, 2.75) is 38.7 Å². The number of hydrogen-bond acceptors (Lipinski definition) is 5. The molecule has 0 aliphatic heterocycles. The number of pyridine rings is 1. The number of fused-ring (bicyclic) bond motifs is 1.